The number of rotatable bonds is 5. The first kappa shape index (κ1) is 15.5. The van der Waals surface area contributed by atoms with E-state index in [2.05, 4.69) is 4.74 Å². The highest BCUT2D eigenvalue weighted by molar-refractivity contribution is 7.88. The molecule has 1 aromatic rings. The molecule has 7 heteroatoms. The van der Waals surface area contributed by atoms with E-state index in [1.807, 2.05) is 0 Å². The molecule has 0 spiro atoms. The molecule has 0 aliphatic heterocycles. The minimum Gasteiger partial charge on any atom is -0.469 e. The van der Waals surface area contributed by atoms with E-state index >= 15 is 0 Å². The van der Waals surface area contributed by atoms with Gasteiger partial charge in [0.2, 0.25) is 10.0 Å². The standard InChI is InChI=1S/C12H18N2O4S/c1-14(19(3,16)17)11(8-12(15)18-2)9-4-6-10(13)7-5-9/h4-7,11H,8,13H2,1-3H3/t11-/m1/s1. The smallest absolute Gasteiger partial charge is 0.307 e. The lowest BCUT2D eigenvalue weighted by atomic mass is 10.0. The number of nitrogens with two attached hydrogens (primary N) is 1. The largest absolute Gasteiger partial charge is 0.469 e. The van der Waals surface area contributed by atoms with E-state index in [1.54, 1.807) is 24.3 Å². The molecule has 0 aromatic heterocycles. The minimum absolute atomic E-state index is 0.0516. The molecule has 1 rings (SSSR count). The molecule has 0 bridgehead atoms. The van der Waals surface area contributed by atoms with Crippen molar-refractivity contribution in [2.45, 2.75) is 12.5 Å². The number of nitrogens with zero attached hydrogens (tertiary/aromatic N) is 1. The van der Waals surface area contributed by atoms with Crippen LogP contribution in [0.3, 0.4) is 0 Å². The first-order valence-corrected chi connectivity index (χ1v) is 7.45. The topological polar surface area (TPSA) is 89.7 Å². The van der Waals surface area contributed by atoms with Crippen LogP contribution in [0.15, 0.2) is 24.3 Å². The molecule has 0 saturated heterocycles. The van der Waals surface area contributed by atoms with E-state index < -0.39 is 22.0 Å². The van der Waals surface area contributed by atoms with Crippen LogP contribution in [0.25, 0.3) is 0 Å². The highest BCUT2D eigenvalue weighted by Crippen LogP contribution is 2.26. The molecule has 0 aliphatic rings. The van der Waals surface area contributed by atoms with Crippen LogP contribution in [-0.4, -0.2) is 39.1 Å². The first-order valence-electron chi connectivity index (χ1n) is 5.61. The minimum atomic E-state index is -3.42. The van der Waals surface area contributed by atoms with E-state index in [9.17, 15) is 13.2 Å². The molecule has 0 amide bonds. The second-order valence-corrected chi connectivity index (χ2v) is 6.28. The van der Waals surface area contributed by atoms with E-state index in [0.717, 1.165) is 10.6 Å². The Labute approximate surface area is 113 Å². The van der Waals surface area contributed by atoms with Crippen molar-refractivity contribution >= 4 is 21.7 Å². The summed E-state index contributed by atoms with van der Waals surface area (Å²) in [5.74, 6) is -0.475. The van der Waals surface area contributed by atoms with Gasteiger partial charge in [0.1, 0.15) is 0 Å². The Morgan fingerprint density at radius 2 is 1.89 bits per heavy atom. The maximum Gasteiger partial charge on any atom is 0.307 e. The lowest BCUT2D eigenvalue weighted by Gasteiger charge is -2.25. The number of anilines is 1. The lowest BCUT2D eigenvalue weighted by molar-refractivity contribution is -0.141. The van der Waals surface area contributed by atoms with Crippen molar-refractivity contribution in [1.82, 2.24) is 4.31 Å². The van der Waals surface area contributed by atoms with Crippen LogP contribution >= 0.6 is 0 Å². The molecule has 19 heavy (non-hydrogen) atoms. The van der Waals surface area contributed by atoms with Gasteiger partial charge >= 0.3 is 5.97 Å². The second kappa shape index (κ2) is 6.03. The number of nitrogen functional groups attached to an aromatic ring is 1. The fourth-order valence-electron chi connectivity index (χ4n) is 1.65. The van der Waals surface area contributed by atoms with Crippen molar-refractivity contribution in [2.24, 2.45) is 0 Å². The Morgan fingerprint density at radius 3 is 2.32 bits per heavy atom. The van der Waals surface area contributed by atoms with Crippen LogP contribution in [-0.2, 0) is 19.6 Å². The summed E-state index contributed by atoms with van der Waals surface area (Å²) in [4.78, 5) is 11.4. The highest BCUT2D eigenvalue weighted by Gasteiger charge is 2.26. The van der Waals surface area contributed by atoms with Gasteiger partial charge < -0.3 is 10.5 Å². The van der Waals surface area contributed by atoms with Gasteiger partial charge in [-0.2, -0.15) is 4.31 Å². The van der Waals surface area contributed by atoms with Gasteiger partial charge in [-0.15, -0.1) is 0 Å². The molecular weight excluding hydrogens is 268 g/mol. The van der Waals surface area contributed by atoms with Crippen LogP contribution in [0, 0.1) is 0 Å². The zero-order valence-electron chi connectivity index (χ0n) is 11.2. The van der Waals surface area contributed by atoms with Crippen LogP contribution < -0.4 is 5.73 Å². The third-order valence-electron chi connectivity index (χ3n) is 2.87. The molecule has 2 N–H and O–H groups in total. The van der Waals surface area contributed by atoms with Gasteiger partial charge in [0, 0.05) is 12.7 Å². The van der Waals surface area contributed by atoms with Gasteiger partial charge in [-0.3, -0.25) is 4.79 Å². The normalized spacial score (nSPS) is 13.3. The molecule has 0 heterocycles. The average molecular weight is 286 g/mol. The summed E-state index contributed by atoms with van der Waals surface area (Å²) in [6.07, 6.45) is 1.04. The number of ether oxygens (including phenoxy) is 1. The zero-order chi connectivity index (χ0) is 14.6. The van der Waals surface area contributed by atoms with Gasteiger partial charge in [-0.1, -0.05) is 12.1 Å². The van der Waals surface area contributed by atoms with Gasteiger partial charge in [-0.25, -0.2) is 8.42 Å². The fourth-order valence-corrected chi connectivity index (χ4v) is 2.31. The van der Waals surface area contributed by atoms with Crippen LogP contribution in [0.1, 0.15) is 18.0 Å². The van der Waals surface area contributed by atoms with Crippen molar-refractivity contribution < 1.29 is 17.9 Å². The number of benzene rings is 1. The molecule has 106 valence electrons. The van der Waals surface area contributed by atoms with Crippen molar-refractivity contribution in [1.29, 1.82) is 0 Å². The number of hydrogen-bond donors (Lipinski definition) is 1. The predicted molar refractivity (Wildman–Crippen MR) is 72.8 cm³/mol. The van der Waals surface area contributed by atoms with Crippen molar-refractivity contribution in [3.63, 3.8) is 0 Å². The van der Waals surface area contributed by atoms with E-state index in [0.29, 0.717) is 11.3 Å². The SMILES string of the molecule is COC(=O)C[C@H](c1ccc(N)cc1)N(C)S(C)(=O)=O. The van der Waals surface area contributed by atoms with Crippen molar-refractivity contribution in [3.8, 4) is 0 Å². The Bertz CT molecular complexity index is 539. The maximum absolute atomic E-state index is 11.6. The van der Waals surface area contributed by atoms with Crippen molar-refractivity contribution in [2.75, 3.05) is 26.1 Å². The molecule has 0 radical (unpaired) electrons. The molecule has 1 aromatic carbocycles. The highest BCUT2D eigenvalue weighted by atomic mass is 32.2. The molecule has 0 fully saturated rings. The van der Waals surface area contributed by atoms with E-state index in [4.69, 9.17) is 5.73 Å². The van der Waals surface area contributed by atoms with Crippen LogP contribution in [0.2, 0.25) is 0 Å². The summed E-state index contributed by atoms with van der Waals surface area (Å²) in [5, 5.41) is 0. The Morgan fingerprint density at radius 1 is 1.37 bits per heavy atom. The average Bonchev–Trinajstić information content (AvgIpc) is 2.35. The number of hydrogen-bond acceptors (Lipinski definition) is 5. The molecule has 6 nitrogen and oxygen atoms in total. The second-order valence-electron chi connectivity index (χ2n) is 4.24. The quantitative estimate of drug-likeness (QED) is 0.637. The molecular formula is C12H18N2O4S. The third kappa shape index (κ3) is 4.22. The number of sulfonamides is 1. The Hall–Kier alpha value is -1.60. The summed E-state index contributed by atoms with van der Waals surface area (Å²) in [6, 6.07) is 6.11. The van der Waals surface area contributed by atoms with Gasteiger partial charge in [0.05, 0.1) is 25.8 Å². The first-order chi connectivity index (χ1) is 8.75. The summed E-state index contributed by atoms with van der Waals surface area (Å²) >= 11 is 0. The van der Waals surface area contributed by atoms with Gasteiger partial charge in [0.15, 0.2) is 0 Å². The predicted octanol–water partition coefficient (Wildman–Crippen LogP) is 0.764. The maximum atomic E-state index is 11.6. The summed E-state index contributed by atoms with van der Waals surface area (Å²) < 4.78 is 29.0. The summed E-state index contributed by atoms with van der Waals surface area (Å²) in [6.45, 7) is 0. The monoisotopic (exact) mass is 286 g/mol. The van der Waals surface area contributed by atoms with E-state index in [-0.39, 0.29) is 6.42 Å². The van der Waals surface area contributed by atoms with Gasteiger partial charge in [-0.05, 0) is 17.7 Å². The molecule has 1 atom stereocenters. The van der Waals surface area contributed by atoms with Gasteiger partial charge in [0.25, 0.3) is 0 Å². The number of methoxy groups -OCH3 is 1. The third-order valence-corrected chi connectivity index (χ3v) is 4.17. The van der Waals surface area contributed by atoms with Crippen LogP contribution in [0.4, 0.5) is 5.69 Å². The van der Waals surface area contributed by atoms with Crippen LogP contribution in [0.5, 0.6) is 0 Å². The summed E-state index contributed by atoms with van der Waals surface area (Å²) in [7, 11) is -0.723. The molecule has 0 aliphatic carbocycles. The molecule has 0 saturated carbocycles. The Kier molecular flexibility index (Phi) is 4.90. The molecule has 0 unspecified atom stereocenters. The number of carbonyl (C=O) groups is 1. The lowest BCUT2D eigenvalue weighted by Crippen LogP contribution is -2.32. The summed E-state index contributed by atoms with van der Waals surface area (Å²) in [5.41, 5.74) is 6.85. The van der Waals surface area contributed by atoms with Crippen molar-refractivity contribution in [3.05, 3.63) is 29.8 Å². The zero-order valence-corrected chi connectivity index (χ0v) is 12.0. The number of esters is 1. The van der Waals surface area contributed by atoms with E-state index in [1.165, 1.54) is 14.2 Å². The Balaban J connectivity index is 3.12. The number of carbonyl (C=O) groups excluding carboxylic acids is 1. The fraction of sp³-hybridized carbons (Fsp3) is 0.417.